The fraction of sp³-hybridized carbons (Fsp3) is 0.882. The number of carboxylic acid groups (broad SMARTS) is 1. The number of carbonyl (C=O) groups excluding carboxylic acids is 1. The van der Waals surface area contributed by atoms with Gasteiger partial charge in [-0.2, -0.15) is 0 Å². The number of nitrogens with zero attached hydrogens (tertiary/aromatic N) is 2. The number of hydrogen-bond donors (Lipinski definition) is 1. The molecule has 3 atom stereocenters. The van der Waals surface area contributed by atoms with E-state index in [1.54, 1.807) is 23.8 Å². The smallest absolute Gasteiger partial charge is 0.317 e. The molecule has 2 aliphatic heterocycles. The van der Waals surface area contributed by atoms with E-state index in [1.165, 1.54) is 0 Å². The maximum atomic E-state index is 12.6. The Labute approximate surface area is 149 Å². The van der Waals surface area contributed by atoms with Crippen LogP contribution >= 0.6 is 0 Å². The largest absolute Gasteiger partial charge is 0.480 e. The summed E-state index contributed by atoms with van der Waals surface area (Å²) in [6, 6.07) is 0. The van der Waals surface area contributed by atoms with Crippen molar-refractivity contribution < 1.29 is 28.9 Å². The molecule has 8 heteroatoms. The van der Waals surface area contributed by atoms with E-state index < -0.39 is 12.1 Å². The van der Waals surface area contributed by atoms with Gasteiger partial charge in [0.25, 0.3) is 5.91 Å². The molecule has 0 aromatic heterocycles. The molecule has 2 rings (SSSR count). The molecule has 0 bridgehead atoms. The summed E-state index contributed by atoms with van der Waals surface area (Å²) in [4.78, 5) is 26.7. The van der Waals surface area contributed by atoms with Gasteiger partial charge < -0.3 is 24.2 Å². The molecule has 0 radical (unpaired) electrons. The average molecular weight is 358 g/mol. The summed E-state index contributed by atoms with van der Waals surface area (Å²) >= 11 is 0. The van der Waals surface area contributed by atoms with Crippen LogP contribution in [-0.4, -0.2) is 98.1 Å². The third kappa shape index (κ3) is 6.89. The molecule has 1 amide bonds. The minimum absolute atomic E-state index is 0.0469. The van der Waals surface area contributed by atoms with Crippen molar-refractivity contribution in [1.82, 2.24) is 9.80 Å². The molecule has 2 heterocycles. The first-order chi connectivity index (χ1) is 12.0. The Morgan fingerprint density at radius 3 is 2.72 bits per heavy atom. The normalized spacial score (nSPS) is 25.8. The Hall–Kier alpha value is -1.22. The van der Waals surface area contributed by atoms with Crippen molar-refractivity contribution in [2.24, 2.45) is 0 Å². The van der Waals surface area contributed by atoms with Crippen molar-refractivity contribution in [2.45, 2.75) is 44.5 Å². The number of likely N-dealkylation sites (N-methyl/N-ethyl adjacent to an activating group) is 1. The van der Waals surface area contributed by atoms with E-state index in [1.807, 2.05) is 0 Å². The van der Waals surface area contributed by atoms with Gasteiger partial charge in [-0.05, 0) is 33.2 Å². The van der Waals surface area contributed by atoms with Crippen LogP contribution in [0.15, 0.2) is 0 Å². The van der Waals surface area contributed by atoms with E-state index in [-0.39, 0.29) is 24.7 Å². The van der Waals surface area contributed by atoms with Gasteiger partial charge in [-0.25, -0.2) is 0 Å². The van der Waals surface area contributed by atoms with Gasteiger partial charge in [0.1, 0.15) is 6.10 Å². The van der Waals surface area contributed by atoms with Crippen LogP contribution < -0.4 is 0 Å². The lowest BCUT2D eigenvalue weighted by Crippen LogP contribution is -2.52. The zero-order valence-electron chi connectivity index (χ0n) is 15.2. The molecule has 25 heavy (non-hydrogen) atoms. The number of aliphatic carboxylic acids is 1. The maximum absolute atomic E-state index is 12.6. The van der Waals surface area contributed by atoms with Gasteiger partial charge in [-0.15, -0.1) is 0 Å². The molecule has 2 fully saturated rings. The quantitative estimate of drug-likeness (QED) is 0.663. The number of carboxylic acids is 1. The third-order valence-electron chi connectivity index (χ3n) is 4.52. The molecule has 0 saturated carbocycles. The molecule has 0 aliphatic carbocycles. The van der Waals surface area contributed by atoms with Crippen molar-refractivity contribution in [3.63, 3.8) is 0 Å². The van der Waals surface area contributed by atoms with Crippen molar-refractivity contribution in [2.75, 3.05) is 53.0 Å². The summed E-state index contributed by atoms with van der Waals surface area (Å²) in [5.74, 6) is -0.928. The van der Waals surface area contributed by atoms with Gasteiger partial charge in [-0.1, -0.05) is 0 Å². The fourth-order valence-corrected chi connectivity index (χ4v) is 3.19. The summed E-state index contributed by atoms with van der Waals surface area (Å²) in [6.45, 7) is 4.85. The summed E-state index contributed by atoms with van der Waals surface area (Å²) in [7, 11) is 1.73. The van der Waals surface area contributed by atoms with E-state index in [9.17, 15) is 9.59 Å². The Morgan fingerprint density at radius 2 is 2.04 bits per heavy atom. The van der Waals surface area contributed by atoms with E-state index in [2.05, 4.69) is 0 Å². The van der Waals surface area contributed by atoms with E-state index in [0.717, 1.165) is 25.9 Å². The number of ether oxygens (including phenoxy) is 3. The fourth-order valence-electron chi connectivity index (χ4n) is 3.19. The molecule has 0 spiro atoms. The second-order valence-corrected chi connectivity index (χ2v) is 6.83. The Bertz CT molecular complexity index is 441. The number of hydrogen-bond acceptors (Lipinski definition) is 6. The standard InChI is InChI=1S/C17H30N2O6/c1-13(25-12-14-5-3-4-7-23-14)17(22)19-6-8-24-15(10-19)9-18(2)11-16(20)21/h13-15H,3-12H2,1-2H3,(H,20,21). The number of amides is 1. The van der Waals surface area contributed by atoms with Crippen LogP contribution in [0.5, 0.6) is 0 Å². The molecular formula is C17H30N2O6. The zero-order chi connectivity index (χ0) is 18.2. The van der Waals surface area contributed by atoms with Gasteiger partial charge >= 0.3 is 5.97 Å². The van der Waals surface area contributed by atoms with E-state index in [4.69, 9.17) is 19.3 Å². The highest BCUT2D eigenvalue weighted by Gasteiger charge is 2.29. The van der Waals surface area contributed by atoms with Gasteiger partial charge in [0.2, 0.25) is 0 Å². The molecule has 0 aromatic rings. The van der Waals surface area contributed by atoms with Crippen LogP contribution in [0, 0.1) is 0 Å². The number of carbonyl (C=O) groups is 2. The highest BCUT2D eigenvalue weighted by atomic mass is 16.5. The highest BCUT2D eigenvalue weighted by molar-refractivity contribution is 5.80. The first-order valence-corrected chi connectivity index (χ1v) is 8.99. The summed E-state index contributed by atoms with van der Waals surface area (Å²) in [5, 5.41) is 8.82. The summed E-state index contributed by atoms with van der Waals surface area (Å²) in [6.07, 6.45) is 2.61. The van der Waals surface area contributed by atoms with Crippen molar-refractivity contribution >= 4 is 11.9 Å². The Kier molecular flexibility index (Phi) is 8.08. The third-order valence-corrected chi connectivity index (χ3v) is 4.52. The van der Waals surface area contributed by atoms with E-state index in [0.29, 0.717) is 32.8 Å². The van der Waals surface area contributed by atoms with Gasteiger partial charge in [0.15, 0.2) is 0 Å². The Morgan fingerprint density at radius 1 is 1.28 bits per heavy atom. The summed E-state index contributed by atoms with van der Waals surface area (Å²) < 4.78 is 17.0. The lowest BCUT2D eigenvalue weighted by molar-refractivity contribution is -0.154. The first kappa shape index (κ1) is 20.1. The van der Waals surface area contributed by atoms with Crippen molar-refractivity contribution in [3.05, 3.63) is 0 Å². The number of rotatable bonds is 8. The van der Waals surface area contributed by atoms with Crippen LogP contribution in [0.3, 0.4) is 0 Å². The SMILES string of the molecule is CC(OCC1CCCCO1)C(=O)N1CCOC(CN(C)CC(=O)O)C1. The highest BCUT2D eigenvalue weighted by Crippen LogP contribution is 2.15. The van der Waals surface area contributed by atoms with E-state index >= 15 is 0 Å². The lowest BCUT2D eigenvalue weighted by Gasteiger charge is -2.36. The molecule has 144 valence electrons. The second-order valence-electron chi connectivity index (χ2n) is 6.83. The molecule has 2 aliphatic rings. The van der Waals surface area contributed by atoms with Gasteiger partial charge in [0.05, 0.1) is 32.0 Å². The first-order valence-electron chi connectivity index (χ1n) is 8.99. The van der Waals surface area contributed by atoms with Crippen molar-refractivity contribution in [3.8, 4) is 0 Å². The van der Waals surface area contributed by atoms with Crippen LogP contribution in [0.2, 0.25) is 0 Å². The van der Waals surface area contributed by atoms with Crippen molar-refractivity contribution in [1.29, 1.82) is 0 Å². The molecule has 0 aromatic carbocycles. The molecule has 3 unspecified atom stereocenters. The van der Waals surface area contributed by atoms with Crippen LogP contribution in [-0.2, 0) is 23.8 Å². The average Bonchev–Trinajstić information content (AvgIpc) is 2.59. The topological polar surface area (TPSA) is 88.5 Å². The summed E-state index contributed by atoms with van der Waals surface area (Å²) in [5.41, 5.74) is 0. The van der Waals surface area contributed by atoms with Gasteiger partial charge in [0, 0.05) is 26.2 Å². The predicted molar refractivity (Wildman–Crippen MR) is 90.5 cm³/mol. The minimum Gasteiger partial charge on any atom is -0.480 e. The maximum Gasteiger partial charge on any atom is 0.317 e. The monoisotopic (exact) mass is 358 g/mol. The molecule has 1 N–H and O–H groups in total. The number of morpholine rings is 1. The second kappa shape index (κ2) is 10.1. The van der Waals surface area contributed by atoms with Crippen LogP contribution in [0.1, 0.15) is 26.2 Å². The van der Waals surface area contributed by atoms with Crippen LogP contribution in [0.25, 0.3) is 0 Å². The molecule has 2 saturated heterocycles. The molecular weight excluding hydrogens is 328 g/mol. The predicted octanol–water partition coefficient (Wildman–Crippen LogP) is 0.204. The minimum atomic E-state index is -0.877. The van der Waals surface area contributed by atoms with Crippen LogP contribution in [0.4, 0.5) is 0 Å². The Balaban J connectivity index is 1.74. The molecule has 8 nitrogen and oxygen atoms in total. The van der Waals surface area contributed by atoms with Gasteiger partial charge in [-0.3, -0.25) is 14.5 Å². The zero-order valence-corrected chi connectivity index (χ0v) is 15.2. The lowest BCUT2D eigenvalue weighted by atomic mass is 10.1.